The third-order valence-corrected chi connectivity index (χ3v) is 5.30. The van der Waals surface area contributed by atoms with Gasteiger partial charge in [0.1, 0.15) is 0 Å². The fraction of sp³-hybridized carbons (Fsp3) is 0.238. The van der Waals surface area contributed by atoms with Gasteiger partial charge >= 0.3 is 11.9 Å². The average molecular weight is 349 g/mol. The van der Waals surface area contributed by atoms with Crippen LogP contribution in [0.4, 0.5) is 5.69 Å². The van der Waals surface area contributed by atoms with Gasteiger partial charge in [0.05, 0.1) is 24.3 Å². The maximum Gasteiger partial charge on any atom is 0.337 e. The number of esters is 1. The van der Waals surface area contributed by atoms with Gasteiger partial charge in [0.25, 0.3) is 0 Å². The van der Waals surface area contributed by atoms with Crippen molar-refractivity contribution >= 4 is 17.6 Å². The summed E-state index contributed by atoms with van der Waals surface area (Å²) in [7, 11) is 1.38. The Morgan fingerprint density at radius 2 is 1.85 bits per heavy atom. The van der Waals surface area contributed by atoms with Gasteiger partial charge in [-0.1, -0.05) is 24.3 Å². The number of carbonyl (C=O) groups is 2. The molecule has 2 N–H and O–H groups in total. The molecule has 2 aliphatic rings. The molecule has 0 aromatic heterocycles. The molecule has 5 heteroatoms. The molecule has 1 aliphatic heterocycles. The van der Waals surface area contributed by atoms with Crippen LogP contribution in [-0.4, -0.2) is 24.2 Å². The second-order valence-electron chi connectivity index (χ2n) is 6.70. The highest BCUT2D eigenvalue weighted by molar-refractivity contribution is 5.90. The van der Waals surface area contributed by atoms with Crippen molar-refractivity contribution in [3.63, 3.8) is 0 Å². The van der Waals surface area contributed by atoms with E-state index < -0.39 is 5.97 Å². The van der Waals surface area contributed by atoms with E-state index in [1.165, 1.54) is 7.11 Å². The zero-order valence-electron chi connectivity index (χ0n) is 14.3. The molecule has 2 aromatic carbocycles. The number of nitrogens with one attached hydrogen (secondary N) is 1. The summed E-state index contributed by atoms with van der Waals surface area (Å²) in [5.41, 5.74) is 4.00. The van der Waals surface area contributed by atoms with Gasteiger partial charge in [0.15, 0.2) is 0 Å². The van der Waals surface area contributed by atoms with E-state index in [1.807, 2.05) is 24.3 Å². The molecule has 0 fully saturated rings. The number of carboxylic acids is 1. The number of carboxylic acid groups (broad SMARTS) is 1. The highest BCUT2D eigenvalue weighted by Gasteiger charge is 2.38. The van der Waals surface area contributed by atoms with Crippen molar-refractivity contribution in [3.8, 4) is 0 Å². The van der Waals surface area contributed by atoms with Gasteiger partial charge in [-0.15, -0.1) is 0 Å². The monoisotopic (exact) mass is 349 g/mol. The molecule has 0 amide bonds. The van der Waals surface area contributed by atoms with Crippen LogP contribution in [0.5, 0.6) is 0 Å². The van der Waals surface area contributed by atoms with E-state index in [0.717, 1.165) is 23.2 Å². The lowest BCUT2D eigenvalue weighted by molar-refractivity contribution is 0.0599. The molecular formula is C21H19NO4. The third kappa shape index (κ3) is 2.65. The van der Waals surface area contributed by atoms with Gasteiger partial charge < -0.3 is 15.2 Å². The second-order valence-corrected chi connectivity index (χ2v) is 6.70. The quantitative estimate of drug-likeness (QED) is 0.647. The molecule has 132 valence electrons. The summed E-state index contributed by atoms with van der Waals surface area (Å²) in [6.07, 6.45) is 5.31. The van der Waals surface area contributed by atoms with Crippen LogP contribution in [0.25, 0.3) is 0 Å². The van der Waals surface area contributed by atoms with Crippen molar-refractivity contribution in [1.82, 2.24) is 0 Å². The minimum atomic E-state index is -0.922. The van der Waals surface area contributed by atoms with Crippen LogP contribution in [0.3, 0.4) is 0 Å². The van der Waals surface area contributed by atoms with Gasteiger partial charge in [-0.05, 0) is 53.8 Å². The van der Waals surface area contributed by atoms with Crippen molar-refractivity contribution in [2.75, 3.05) is 12.4 Å². The lowest BCUT2D eigenvalue weighted by atomic mass is 9.76. The molecule has 0 spiro atoms. The van der Waals surface area contributed by atoms with Crippen LogP contribution in [-0.2, 0) is 4.74 Å². The number of carbonyl (C=O) groups excluding carboxylic acids is 1. The zero-order valence-corrected chi connectivity index (χ0v) is 14.3. The predicted molar refractivity (Wildman–Crippen MR) is 97.5 cm³/mol. The minimum absolute atomic E-state index is 0.0920. The van der Waals surface area contributed by atoms with Gasteiger partial charge in [-0.25, -0.2) is 9.59 Å². The van der Waals surface area contributed by atoms with E-state index in [4.69, 9.17) is 9.84 Å². The molecule has 0 radical (unpaired) electrons. The highest BCUT2D eigenvalue weighted by Crippen LogP contribution is 2.49. The second kappa shape index (κ2) is 6.33. The smallest absolute Gasteiger partial charge is 0.337 e. The fourth-order valence-corrected chi connectivity index (χ4v) is 4.00. The van der Waals surface area contributed by atoms with Crippen molar-refractivity contribution in [3.05, 3.63) is 76.9 Å². The molecule has 3 atom stereocenters. The number of benzene rings is 2. The topological polar surface area (TPSA) is 75.6 Å². The van der Waals surface area contributed by atoms with E-state index in [0.29, 0.717) is 11.5 Å². The Balaban J connectivity index is 1.71. The normalized spacial score (nSPS) is 22.9. The Hall–Kier alpha value is -3.08. The van der Waals surface area contributed by atoms with E-state index in [2.05, 4.69) is 17.5 Å². The zero-order chi connectivity index (χ0) is 18.3. The Bertz CT molecular complexity index is 901. The first-order chi connectivity index (χ1) is 12.6. The fourth-order valence-electron chi connectivity index (χ4n) is 4.00. The lowest BCUT2D eigenvalue weighted by Gasteiger charge is -2.37. The van der Waals surface area contributed by atoms with E-state index in [1.54, 1.807) is 18.2 Å². The molecular weight excluding hydrogens is 330 g/mol. The van der Waals surface area contributed by atoms with Crippen molar-refractivity contribution in [2.24, 2.45) is 5.92 Å². The summed E-state index contributed by atoms with van der Waals surface area (Å²) < 4.78 is 4.83. The Kier molecular flexibility index (Phi) is 3.99. The average Bonchev–Trinajstić information content (AvgIpc) is 3.16. The summed E-state index contributed by atoms with van der Waals surface area (Å²) in [5, 5.41) is 12.7. The molecule has 1 aliphatic carbocycles. The first-order valence-electron chi connectivity index (χ1n) is 8.57. The molecule has 1 heterocycles. The number of ether oxygens (including phenoxy) is 1. The number of fused-ring (bicyclic) bond motifs is 3. The third-order valence-electron chi connectivity index (χ3n) is 5.30. The number of rotatable bonds is 3. The Labute approximate surface area is 151 Å². The van der Waals surface area contributed by atoms with Crippen LogP contribution in [0, 0.1) is 5.92 Å². The van der Waals surface area contributed by atoms with E-state index in [-0.39, 0.29) is 23.5 Å². The first kappa shape index (κ1) is 16.4. The number of hydrogen-bond acceptors (Lipinski definition) is 4. The molecule has 0 saturated carbocycles. The Morgan fingerprint density at radius 3 is 2.54 bits per heavy atom. The van der Waals surface area contributed by atoms with Crippen molar-refractivity contribution in [1.29, 1.82) is 0 Å². The number of allylic oxidation sites excluding steroid dienone is 2. The summed E-state index contributed by atoms with van der Waals surface area (Å²) >= 11 is 0. The number of hydrogen-bond donors (Lipinski definition) is 2. The summed E-state index contributed by atoms with van der Waals surface area (Å²) in [4.78, 5) is 22.9. The van der Waals surface area contributed by atoms with Crippen LogP contribution in [0.2, 0.25) is 0 Å². The number of aromatic carboxylic acids is 1. The van der Waals surface area contributed by atoms with Crippen LogP contribution in [0.1, 0.15) is 50.2 Å². The van der Waals surface area contributed by atoms with E-state index >= 15 is 0 Å². The largest absolute Gasteiger partial charge is 0.478 e. The molecule has 0 unspecified atom stereocenters. The van der Waals surface area contributed by atoms with Crippen LogP contribution < -0.4 is 5.32 Å². The molecule has 5 nitrogen and oxygen atoms in total. The summed E-state index contributed by atoms with van der Waals surface area (Å²) in [6.45, 7) is 0. The van der Waals surface area contributed by atoms with E-state index in [9.17, 15) is 9.59 Å². The maximum absolute atomic E-state index is 11.9. The molecule has 4 rings (SSSR count). The molecule has 0 saturated heterocycles. The van der Waals surface area contributed by atoms with Gasteiger partial charge in [-0.2, -0.15) is 0 Å². The standard InChI is InChI=1S/C21H19NO4/c1-26-21(25)14-9-10-18-17(11-14)15-3-2-4-16(15)19(22-18)12-5-7-13(8-6-12)20(23)24/h2-3,5-11,15-16,19,22H,4H2,1H3,(H,23,24)/t15-,16+,19+/m0/s1. The number of methoxy groups -OCH3 is 1. The molecule has 26 heavy (non-hydrogen) atoms. The SMILES string of the molecule is COC(=O)c1ccc2c(c1)[C@H]1C=CC[C@H]1[C@@H](c1ccc(C(=O)O)cc1)N2. The van der Waals surface area contributed by atoms with Crippen LogP contribution >= 0.6 is 0 Å². The van der Waals surface area contributed by atoms with Crippen molar-refractivity contribution < 1.29 is 19.4 Å². The number of anilines is 1. The summed E-state index contributed by atoms with van der Waals surface area (Å²) in [5.74, 6) is -0.710. The minimum Gasteiger partial charge on any atom is -0.478 e. The lowest BCUT2D eigenvalue weighted by Crippen LogP contribution is -2.29. The highest BCUT2D eigenvalue weighted by atomic mass is 16.5. The van der Waals surface area contributed by atoms with Gasteiger partial charge in [-0.3, -0.25) is 0 Å². The molecule has 2 aromatic rings. The maximum atomic E-state index is 11.9. The molecule has 0 bridgehead atoms. The summed E-state index contributed by atoms with van der Waals surface area (Å²) in [6, 6.07) is 12.7. The predicted octanol–water partition coefficient (Wildman–Crippen LogP) is 4.00. The van der Waals surface area contributed by atoms with Gasteiger partial charge in [0, 0.05) is 11.6 Å². The van der Waals surface area contributed by atoms with Crippen LogP contribution in [0.15, 0.2) is 54.6 Å². The van der Waals surface area contributed by atoms with Gasteiger partial charge in [0.2, 0.25) is 0 Å². The first-order valence-corrected chi connectivity index (χ1v) is 8.57. The Morgan fingerprint density at radius 1 is 1.12 bits per heavy atom. The van der Waals surface area contributed by atoms with Crippen molar-refractivity contribution in [2.45, 2.75) is 18.4 Å².